The van der Waals surface area contributed by atoms with Crippen molar-refractivity contribution in [3.63, 3.8) is 0 Å². The molecule has 1 unspecified atom stereocenters. The number of aldehydes is 2. The number of hydrogen-bond acceptors (Lipinski definition) is 4. The smallest absolute Gasteiger partial charge is 0.357 e. The van der Waals surface area contributed by atoms with Gasteiger partial charge in [0.25, 0.3) is 0 Å². The van der Waals surface area contributed by atoms with Gasteiger partial charge in [0.15, 0.2) is 12.0 Å². The van der Waals surface area contributed by atoms with Crippen molar-refractivity contribution in [2.24, 2.45) is 0 Å². The third-order valence-corrected chi connectivity index (χ3v) is 1.78. The van der Waals surface area contributed by atoms with Gasteiger partial charge in [-0.1, -0.05) is 0 Å². The summed E-state index contributed by atoms with van der Waals surface area (Å²) in [6.07, 6.45) is 1.00. The van der Waals surface area contributed by atoms with Crippen LogP contribution in [-0.2, 0) is 11.4 Å². The molecule has 1 N–H and O–H groups in total. The van der Waals surface area contributed by atoms with Crippen LogP contribution >= 0.6 is 0 Å². The standard InChI is InChI=1S/C8H6O5S/c9-4-6-1-2-8(13-14(11)12)7(3-6)5-10/h1-5H,(H,11,12). The topological polar surface area (TPSA) is 80.7 Å². The molecule has 0 fully saturated rings. The average Bonchev–Trinajstić information content (AvgIpc) is 2.17. The van der Waals surface area contributed by atoms with E-state index < -0.39 is 11.4 Å². The Kier molecular flexibility index (Phi) is 3.49. The molecule has 0 radical (unpaired) electrons. The van der Waals surface area contributed by atoms with Crippen LogP contribution in [0.4, 0.5) is 0 Å². The van der Waals surface area contributed by atoms with Gasteiger partial charge in [-0.2, -0.15) is 4.21 Å². The molecule has 1 rings (SSSR count). The van der Waals surface area contributed by atoms with Crippen LogP contribution in [0.25, 0.3) is 0 Å². The maximum absolute atomic E-state index is 10.5. The molecular weight excluding hydrogens is 208 g/mol. The van der Waals surface area contributed by atoms with Gasteiger partial charge in [0.1, 0.15) is 6.29 Å². The maximum Gasteiger partial charge on any atom is 0.357 e. The zero-order valence-electron chi connectivity index (χ0n) is 6.88. The van der Waals surface area contributed by atoms with Crippen molar-refractivity contribution in [2.45, 2.75) is 0 Å². The summed E-state index contributed by atoms with van der Waals surface area (Å²) in [6.45, 7) is 0. The molecule has 14 heavy (non-hydrogen) atoms. The lowest BCUT2D eigenvalue weighted by atomic mass is 10.1. The summed E-state index contributed by atoms with van der Waals surface area (Å²) in [5.41, 5.74) is 0.347. The highest BCUT2D eigenvalue weighted by Crippen LogP contribution is 2.18. The van der Waals surface area contributed by atoms with Crippen LogP contribution < -0.4 is 4.18 Å². The minimum Gasteiger partial charge on any atom is -0.379 e. The van der Waals surface area contributed by atoms with Crippen molar-refractivity contribution in [1.29, 1.82) is 0 Å². The van der Waals surface area contributed by atoms with Gasteiger partial charge >= 0.3 is 11.4 Å². The van der Waals surface area contributed by atoms with Gasteiger partial charge < -0.3 is 4.18 Å². The highest BCUT2D eigenvalue weighted by Gasteiger charge is 2.06. The molecular formula is C8H6O5S. The molecule has 0 amide bonds. The molecule has 0 aromatic heterocycles. The van der Waals surface area contributed by atoms with Crippen LogP contribution in [0.2, 0.25) is 0 Å². The Balaban J connectivity index is 3.10. The monoisotopic (exact) mass is 214 g/mol. The second-order valence-corrected chi connectivity index (χ2v) is 2.93. The Morgan fingerprint density at radius 1 is 1.29 bits per heavy atom. The summed E-state index contributed by atoms with van der Waals surface area (Å²) in [6, 6.07) is 3.92. The fourth-order valence-electron chi connectivity index (χ4n) is 0.885. The normalized spacial score (nSPS) is 11.8. The van der Waals surface area contributed by atoms with Gasteiger partial charge in [-0.05, 0) is 18.2 Å². The average molecular weight is 214 g/mol. The van der Waals surface area contributed by atoms with Gasteiger partial charge in [0, 0.05) is 5.56 Å². The summed E-state index contributed by atoms with van der Waals surface area (Å²) in [4.78, 5) is 20.8. The first-order valence-electron chi connectivity index (χ1n) is 3.51. The number of rotatable bonds is 4. The molecule has 5 nitrogen and oxygen atoms in total. The molecule has 0 heterocycles. The second kappa shape index (κ2) is 4.64. The zero-order chi connectivity index (χ0) is 10.6. The van der Waals surface area contributed by atoms with Crippen LogP contribution in [-0.4, -0.2) is 21.3 Å². The molecule has 0 aliphatic rings. The van der Waals surface area contributed by atoms with E-state index >= 15 is 0 Å². The van der Waals surface area contributed by atoms with Gasteiger partial charge in [0.2, 0.25) is 0 Å². The van der Waals surface area contributed by atoms with Crippen molar-refractivity contribution in [1.82, 2.24) is 0 Å². The minimum atomic E-state index is -2.48. The van der Waals surface area contributed by atoms with Gasteiger partial charge in [-0.15, -0.1) is 0 Å². The zero-order valence-corrected chi connectivity index (χ0v) is 7.69. The fourth-order valence-corrected chi connectivity index (χ4v) is 1.19. The summed E-state index contributed by atoms with van der Waals surface area (Å²) in [5, 5.41) is 0. The van der Waals surface area contributed by atoms with Crippen LogP contribution in [0.15, 0.2) is 18.2 Å². The third-order valence-electron chi connectivity index (χ3n) is 1.46. The molecule has 1 aromatic rings. The van der Waals surface area contributed by atoms with Crippen LogP contribution in [0.1, 0.15) is 20.7 Å². The Bertz CT molecular complexity index is 387. The first-order valence-corrected chi connectivity index (χ1v) is 4.54. The van der Waals surface area contributed by atoms with Crippen molar-refractivity contribution in [2.75, 3.05) is 0 Å². The Morgan fingerprint density at radius 2 is 2.00 bits per heavy atom. The summed E-state index contributed by atoms with van der Waals surface area (Å²) >= 11 is -2.48. The van der Waals surface area contributed by atoms with E-state index in [1.807, 2.05) is 0 Å². The molecule has 0 saturated heterocycles. The first-order chi connectivity index (χ1) is 6.67. The second-order valence-electron chi connectivity index (χ2n) is 2.33. The van der Waals surface area contributed by atoms with E-state index in [1.165, 1.54) is 18.2 Å². The van der Waals surface area contributed by atoms with Crippen molar-refractivity contribution in [3.05, 3.63) is 29.3 Å². The third kappa shape index (κ3) is 2.48. The number of carbonyl (C=O) groups is 2. The van der Waals surface area contributed by atoms with Crippen molar-refractivity contribution in [3.8, 4) is 5.75 Å². The molecule has 74 valence electrons. The summed E-state index contributed by atoms with van der Waals surface area (Å²) in [7, 11) is 0. The lowest BCUT2D eigenvalue weighted by Crippen LogP contribution is -2.00. The molecule has 0 aliphatic heterocycles. The molecule has 0 spiro atoms. The van der Waals surface area contributed by atoms with Crippen molar-refractivity contribution < 1.29 is 22.5 Å². The van der Waals surface area contributed by atoms with E-state index in [2.05, 4.69) is 4.18 Å². The predicted octanol–water partition coefficient (Wildman–Crippen LogP) is 0.827. The molecule has 1 atom stereocenters. The molecule has 6 heteroatoms. The van der Waals surface area contributed by atoms with Crippen molar-refractivity contribution >= 4 is 23.9 Å². The Hall–Kier alpha value is -1.53. The number of benzene rings is 1. The van der Waals surface area contributed by atoms with Gasteiger partial charge in [0.05, 0.1) is 5.56 Å². The maximum atomic E-state index is 10.5. The van der Waals surface area contributed by atoms with Crippen LogP contribution in [0.3, 0.4) is 0 Å². The van der Waals surface area contributed by atoms with Gasteiger partial charge in [-0.25, -0.2) is 0 Å². The molecule has 0 bridgehead atoms. The lowest BCUT2D eigenvalue weighted by molar-refractivity contribution is 0.112. The van der Waals surface area contributed by atoms with E-state index in [0.29, 0.717) is 18.1 Å². The summed E-state index contributed by atoms with van der Waals surface area (Å²) in [5.74, 6) is -0.0357. The number of carbonyl (C=O) groups excluding carboxylic acids is 2. The van der Waals surface area contributed by atoms with E-state index in [4.69, 9.17) is 4.55 Å². The Labute approximate surface area is 82.2 Å². The van der Waals surface area contributed by atoms with E-state index in [9.17, 15) is 13.8 Å². The minimum absolute atomic E-state index is 0.0357. The predicted molar refractivity (Wildman–Crippen MR) is 48.6 cm³/mol. The van der Waals surface area contributed by atoms with E-state index in [0.717, 1.165) is 0 Å². The van der Waals surface area contributed by atoms with E-state index in [-0.39, 0.29) is 11.3 Å². The van der Waals surface area contributed by atoms with E-state index in [1.54, 1.807) is 0 Å². The highest BCUT2D eigenvalue weighted by atomic mass is 32.2. The summed E-state index contributed by atoms with van der Waals surface area (Å²) < 4.78 is 23.1. The van der Waals surface area contributed by atoms with Crippen LogP contribution in [0.5, 0.6) is 5.75 Å². The molecule has 0 saturated carbocycles. The first kappa shape index (κ1) is 10.6. The van der Waals surface area contributed by atoms with Crippen LogP contribution in [0, 0.1) is 0 Å². The van der Waals surface area contributed by atoms with Gasteiger partial charge in [-0.3, -0.25) is 14.1 Å². The molecule has 0 aliphatic carbocycles. The molecule has 1 aromatic carbocycles. The number of hydrogen-bond donors (Lipinski definition) is 1. The quantitative estimate of drug-likeness (QED) is 0.593. The highest BCUT2D eigenvalue weighted by molar-refractivity contribution is 7.74. The fraction of sp³-hybridized carbons (Fsp3) is 0. The lowest BCUT2D eigenvalue weighted by Gasteiger charge is -2.02. The SMILES string of the molecule is O=Cc1ccc(OS(=O)O)c(C=O)c1. The Morgan fingerprint density at radius 3 is 2.50 bits per heavy atom. The largest absolute Gasteiger partial charge is 0.379 e.